The van der Waals surface area contributed by atoms with Crippen molar-refractivity contribution in [1.82, 2.24) is 4.98 Å². The van der Waals surface area contributed by atoms with Crippen LogP contribution in [0.25, 0.3) is 0 Å². The average Bonchev–Trinajstić information content (AvgIpc) is 2.74. The van der Waals surface area contributed by atoms with Crippen molar-refractivity contribution < 1.29 is 4.79 Å². The molecule has 0 amide bonds. The van der Waals surface area contributed by atoms with Crippen LogP contribution in [0.2, 0.25) is 0 Å². The van der Waals surface area contributed by atoms with Crippen LogP contribution >= 0.6 is 0 Å². The molecule has 0 unspecified atom stereocenters. The Hall–Kier alpha value is -1.96. The average molecular weight is 265 g/mol. The Balaban J connectivity index is 1.86. The standard InChI is InChI=1S/C18H19NO/c20-18(14-7-3-1-4-8-14)13-15-11-12-19-17-10-6-2-5-9-16(15)17/h1,3-4,7-8,11-12H,2,5-6,9-10,13H2. The summed E-state index contributed by atoms with van der Waals surface area (Å²) in [6.45, 7) is 0. The molecule has 1 aliphatic rings. The van der Waals surface area contributed by atoms with Crippen LogP contribution < -0.4 is 0 Å². The number of hydrogen-bond donors (Lipinski definition) is 0. The third-order valence-electron chi connectivity index (χ3n) is 4.03. The SMILES string of the molecule is O=C(Cc1ccnc2c1CCCCC2)c1ccccc1. The van der Waals surface area contributed by atoms with Gasteiger partial charge in [-0.05, 0) is 42.9 Å². The molecular formula is C18H19NO. The van der Waals surface area contributed by atoms with Crippen LogP contribution in [0, 0.1) is 0 Å². The third-order valence-corrected chi connectivity index (χ3v) is 4.03. The highest BCUT2D eigenvalue weighted by Gasteiger charge is 2.15. The highest BCUT2D eigenvalue weighted by Crippen LogP contribution is 2.23. The molecule has 0 radical (unpaired) electrons. The van der Waals surface area contributed by atoms with Gasteiger partial charge in [-0.2, -0.15) is 0 Å². The van der Waals surface area contributed by atoms with Gasteiger partial charge < -0.3 is 0 Å². The van der Waals surface area contributed by atoms with Crippen LogP contribution in [0.15, 0.2) is 42.6 Å². The first-order valence-corrected chi connectivity index (χ1v) is 7.38. The Morgan fingerprint density at radius 1 is 1.00 bits per heavy atom. The maximum absolute atomic E-state index is 12.4. The number of nitrogens with zero attached hydrogens (tertiary/aromatic N) is 1. The highest BCUT2D eigenvalue weighted by molar-refractivity contribution is 5.97. The van der Waals surface area contributed by atoms with Crippen molar-refractivity contribution in [2.45, 2.75) is 38.5 Å². The van der Waals surface area contributed by atoms with E-state index in [4.69, 9.17) is 0 Å². The number of ketones is 1. The first-order chi connectivity index (χ1) is 9.84. The Morgan fingerprint density at radius 3 is 2.65 bits per heavy atom. The van der Waals surface area contributed by atoms with Gasteiger partial charge in [0.05, 0.1) is 0 Å². The van der Waals surface area contributed by atoms with Gasteiger partial charge in [-0.15, -0.1) is 0 Å². The first-order valence-electron chi connectivity index (χ1n) is 7.38. The van der Waals surface area contributed by atoms with Crippen LogP contribution in [0.1, 0.15) is 46.4 Å². The van der Waals surface area contributed by atoms with E-state index in [1.54, 1.807) is 0 Å². The summed E-state index contributed by atoms with van der Waals surface area (Å²) in [6, 6.07) is 11.6. The second kappa shape index (κ2) is 6.00. The number of Topliss-reactive ketones (excluding diaryl/α,β-unsaturated/α-hetero) is 1. The quantitative estimate of drug-likeness (QED) is 0.624. The molecule has 0 aliphatic heterocycles. The van der Waals surface area contributed by atoms with Crippen molar-refractivity contribution in [3.63, 3.8) is 0 Å². The molecule has 0 atom stereocenters. The van der Waals surface area contributed by atoms with Crippen LogP contribution in [-0.4, -0.2) is 10.8 Å². The number of carbonyl (C=O) groups is 1. The molecule has 2 heteroatoms. The van der Waals surface area contributed by atoms with Crippen LogP contribution in [0.3, 0.4) is 0 Å². The van der Waals surface area contributed by atoms with Crippen molar-refractivity contribution in [3.05, 3.63) is 65.0 Å². The molecule has 0 saturated carbocycles. The smallest absolute Gasteiger partial charge is 0.167 e. The van der Waals surface area contributed by atoms with Gasteiger partial charge >= 0.3 is 0 Å². The van der Waals surface area contributed by atoms with Crippen molar-refractivity contribution >= 4 is 5.78 Å². The van der Waals surface area contributed by atoms with Gasteiger partial charge in [-0.3, -0.25) is 9.78 Å². The summed E-state index contributed by atoms with van der Waals surface area (Å²) < 4.78 is 0. The molecule has 20 heavy (non-hydrogen) atoms. The van der Waals surface area contributed by atoms with E-state index < -0.39 is 0 Å². The van der Waals surface area contributed by atoms with E-state index in [9.17, 15) is 4.79 Å². The van der Waals surface area contributed by atoms with Crippen molar-refractivity contribution in [2.24, 2.45) is 0 Å². The fourth-order valence-corrected chi connectivity index (χ4v) is 2.94. The zero-order chi connectivity index (χ0) is 13.8. The Bertz CT molecular complexity index is 604. The number of aryl methyl sites for hydroxylation is 1. The van der Waals surface area contributed by atoms with Gasteiger partial charge in [0.1, 0.15) is 0 Å². The molecule has 102 valence electrons. The van der Waals surface area contributed by atoms with E-state index in [1.807, 2.05) is 42.6 Å². The molecule has 0 N–H and O–H groups in total. The number of hydrogen-bond acceptors (Lipinski definition) is 2. The monoisotopic (exact) mass is 265 g/mol. The van der Waals surface area contributed by atoms with Gasteiger partial charge in [-0.25, -0.2) is 0 Å². The Kier molecular flexibility index (Phi) is 3.91. The summed E-state index contributed by atoms with van der Waals surface area (Å²) in [5.74, 6) is 0.197. The van der Waals surface area contributed by atoms with E-state index in [2.05, 4.69) is 4.98 Å². The third kappa shape index (κ3) is 2.79. The van der Waals surface area contributed by atoms with Crippen molar-refractivity contribution in [2.75, 3.05) is 0 Å². The van der Waals surface area contributed by atoms with Gasteiger partial charge in [0.2, 0.25) is 0 Å². The molecule has 2 aromatic rings. The molecule has 2 nitrogen and oxygen atoms in total. The van der Waals surface area contributed by atoms with E-state index >= 15 is 0 Å². The lowest BCUT2D eigenvalue weighted by molar-refractivity contribution is 0.0992. The van der Waals surface area contributed by atoms with E-state index in [-0.39, 0.29) is 5.78 Å². The second-order valence-electron chi connectivity index (χ2n) is 5.42. The summed E-state index contributed by atoms with van der Waals surface area (Å²) in [4.78, 5) is 16.9. The lowest BCUT2D eigenvalue weighted by atomic mass is 9.96. The molecule has 1 aromatic carbocycles. The molecule has 1 heterocycles. The highest BCUT2D eigenvalue weighted by atomic mass is 16.1. The fraction of sp³-hybridized carbons (Fsp3) is 0.333. The zero-order valence-electron chi connectivity index (χ0n) is 11.6. The Labute approximate surface area is 119 Å². The topological polar surface area (TPSA) is 30.0 Å². The van der Waals surface area contributed by atoms with Gasteiger partial charge in [0, 0.05) is 23.9 Å². The molecule has 0 fully saturated rings. The molecular weight excluding hydrogens is 246 g/mol. The summed E-state index contributed by atoms with van der Waals surface area (Å²) in [5.41, 5.74) is 4.51. The van der Waals surface area contributed by atoms with Gasteiger partial charge in [-0.1, -0.05) is 36.8 Å². The number of benzene rings is 1. The van der Waals surface area contributed by atoms with E-state index in [1.165, 1.54) is 36.1 Å². The summed E-state index contributed by atoms with van der Waals surface area (Å²) in [7, 11) is 0. The number of fused-ring (bicyclic) bond motifs is 1. The van der Waals surface area contributed by atoms with Crippen LogP contribution in [0.4, 0.5) is 0 Å². The second-order valence-corrected chi connectivity index (χ2v) is 5.42. The predicted molar refractivity (Wildman–Crippen MR) is 80.0 cm³/mol. The minimum absolute atomic E-state index is 0.197. The van der Waals surface area contributed by atoms with Crippen LogP contribution in [-0.2, 0) is 19.3 Å². The molecule has 3 rings (SSSR count). The lowest BCUT2D eigenvalue weighted by Crippen LogP contribution is -2.08. The van der Waals surface area contributed by atoms with Gasteiger partial charge in [0.15, 0.2) is 5.78 Å². The number of carbonyl (C=O) groups excluding carboxylic acids is 1. The predicted octanol–water partition coefficient (Wildman–Crippen LogP) is 3.78. The maximum Gasteiger partial charge on any atom is 0.167 e. The number of aromatic nitrogens is 1. The summed E-state index contributed by atoms with van der Waals surface area (Å²) in [6.07, 6.45) is 8.18. The summed E-state index contributed by atoms with van der Waals surface area (Å²) in [5, 5.41) is 0. The van der Waals surface area contributed by atoms with E-state index in [0.29, 0.717) is 6.42 Å². The van der Waals surface area contributed by atoms with Crippen molar-refractivity contribution in [1.29, 1.82) is 0 Å². The molecule has 0 saturated heterocycles. The Morgan fingerprint density at radius 2 is 1.80 bits per heavy atom. The maximum atomic E-state index is 12.4. The molecule has 1 aromatic heterocycles. The van der Waals surface area contributed by atoms with Crippen LogP contribution in [0.5, 0.6) is 0 Å². The number of rotatable bonds is 3. The van der Waals surface area contributed by atoms with Crippen molar-refractivity contribution in [3.8, 4) is 0 Å². The number of pyridine rings is 1. The molecule has 0 bridgehead atoms. The zero-order valence-corrected chi connectivity index (χ0v) is 11.6. The fourth-order valence-electron chi connectivity index (χ4n) is 2.94. The largest absolute Gasteiger partial charge is 0.294 e. The lowest BCUT2D eigenvalue weighted by Gasteiger charge is -2.11. The molecule has 1 aliphatic carbocycles. The summed E-state index contributed by atoms with van der Waals surface area (Å²) >= 11 is 0. The van der Waals surface area contributed by atoms with E-state index in [0.717, 1.165) is 18.4 Å². The normalized spacial score (nSPS) is 14.4. The van der Waals surface area contributed by atoms with Gasteiger partial charge in [0.25, 0.3) is 0 Å². The minimum Gasteiger partial charge on any atom is -0.294 e. The molecule has 0 spiro atoms. The first kappa shape index (κ1) is 13.0. The minimum atomic E-state index is 0.197.